The largest absolute Gasteiger partial charge is 0.445 e. The molecule has 6 nitrogen and oxygen atoms in total. The molecule has 0 aromatic heterocycles. The Hall–Kier alpha value is -1.56. The van der Waals surface area contributed by atoms with E-state index in [0.29, 0.717) is 6.54 Å². The highest BCUT2D eigenvalue weighted by Crippen LogP contribution is 2.16. The van der Waals surface area contributed by atoms with Crippen molar-refractivity contribution in [3.8, 4) is 0 Å². The minimum atomic E-state index is -0.553. The van der Waals surface area contributed by atoms with Gasteiger partial charge in [-0.2, -0.15) is 0 Å². The first-order valence-corrected chi connectivity index (χ1v) is 5.99. The van der Waals surface area contributed by atoms with E-state index >= 15 is 0 Å². The zero-order valence-electron chi connectivity index (χ0n) is 10.7. The Morgan fingerprint density at radius 3 is 2.94 bits per heavy atom. The number of likely N-dealkylation sites (tertiary alicyclic amines) is 1. The number of aliphatic hydroxyl groups excluding tert-OH is 1. The highest BCUT2D eigenvalue weighted by Gasteiger charge is 2.29. The molecule has 1 atom stereocenters. The van der Waals surface area contributed by atoms with Crippen LogP contribution in [0.5, 0.6) is 0 Å². The summed E-state index contributed by atoms with van der Waals surface area (Å²) in [6.07, 6.45) is 2.62. The van der Waals surface area contributed by atoms with E-state index < -0.39 is 6.09 Å². The third kappa shape index (κ3) is 3.73. The van der Waals surface area contributed by atoms with Crippen molar-refractivity contribution in [3.63, 3.8) is 0 Å². The summed E-state index contributed by atoms with van der Waals surface area (Å²) >= 11 is 0. The molecular weight excluding hydrogens is 236 g/mol. The molecule has 1 fully saturated rings. The van der Waals surface area contributed by atoms with Crippen LogP contribution in [-0.4, -0.2) is 66.3 Å². The lowest BCUT2D eigenvalue weighted by Gasteiger charge is -2.25. The van der Waals surface area contributed by atoms with Gasteiger partial charge < -0.3 is 19.6 Å². The van der Waals surface area contributed by atoms with Gasteiger partial charge in [-0.15, -0.1) is 0 Å². The SMILES string of the molecule is C=CCOC(=O)N(C)CC(=O)N1CCC[C@H]1CO. The normalized spacial score (nSPS) is 18.6. The van der Waals surface area contributed by atoms with Crippen LogP contribution in [0, 0.1) is 0 Å². The Labute approximate surface area is 107 Å². The number of carbonyl (C=O) groups is 2. The molecule has 0 aromatic carbocycles. The van der Waals surface area contributed by atoms with Crippen LogP contribution in [0.3, 0.4) is 0 Å². The van der Waals surface area contributed by atoms with E-state index in [4.69, 9.17) is 9.84 Å². The Bertz CT molecular complexity index is 319. The van der Waals surface area contributed by atoms with Crippen LogP contribution in [0.15, 0.2) is 12.7 Å². The van der Waals surface area contributed by atoms with Crippen LogP contribution in [0.1, 0.15) is 12.8 Å². The maximum absolute atomic E-state index is 11.9. The van der Waals surface area contributed by atoms with E-state index in [-0.39, 0.29) is 31.7 Å². The van der Waals surface area contributed by atoms with Gasteiger partial charge in [-0.25, -0.2) is 4.79 Å². The van der Waals surface area contributed by atoms with Gasteiger partial charge in [-0.3, -0.25) is 4.79 Å². The molecule has 1 rings (SSSR count). The Morgan fingerprint density at radius 2 is 2.33 bits per heavy atom. The summed E-state index contributed by atoms with van der Waals surface area (Å²) in [7, 11) is 1.51. The molecule has 0 spiro atoms. The molecule has 1 aliphatic heterocycles. The number of ether oxygens (including phenoxy) is 1. The molecular formula is C12H20N2O4. The molecule has 18 heavy (non-hydrogen) atoms. The van der Waals surface area contributed by atoms with Gasteiger partial charge in [0.2, 0.25) is 5.91 Å². The highest BCUT2D eigenvalue weighted by molar-refractivity contribution is 5.82. The van der Waals surface area contributed by atoms with Crippen LogP contribution in [0.25, 0.3) is 0 Å². The zero-order chi connectivity index (χ0) is 13.5. The first-order valence-electron chi connectivity index (χ1n) is 5.99. The minimum absolute atomic E-state index is 0.0314. The number of rotatable bonds is 5. The molecule has 2 amide bonds. The maximum atomic E-state index is 11.9. The lowest BCUT2D eigenvalue weighted by atomic mass is 10.2. The van der Waals surface area contributed by atoms with Crippen molar-refractivity contribution in [2.24, 2.45) is 0 Å². The fourth-order valence-electron chi connectivity index (χ4n) is 1.95. The summed E-state index contributed by atoms with van der Waals surface area (Å²) < 4.78 is 4.82. The first kappa shape index (κ1) is 14.5. The average Bonchev–Trinajstić information content (AvgIpc) is 2.83. The van der Waals surface area contributed by atoms with Crippen molar-refractivity contribution in [2.45, 2.75) is 18.9 Å². The fraction of sp³-hybridized carbons (Fsp3) is 0.667. The quantitative estimate of drug-likeness (QED) is 0.715. The van der Waals surface area contributed by atoms with E-state index in [1.807, 2.05) is 0 Å². The molecule has 0 aromatic rings. The van der Waals surface area contributed by atoms with Crippen LogP contribution in [0.2, 0.25) is 0 Å². The molecule has 1 saturated heterocycles. The third-order valence-electron chi connectivity index (χ3n) is 2.92. The number of amides is 2. The van der Waals surface area contributed by atoms with E-state index in [0.717, 1.165) is 12.8 Å². The lowest BCUT2D eigenvalue weighted by Crippen LogP contribution is -2.44. The smallest absolute Gasteiger partial charge is 0.410 e. The molecule has 1 aliphatic rings. The van der Waals surface area contributed by atoms with E-state index in [1.54, 1.807) is 4.90 Å². The number of carbonyl (C=O) groups excluding carboxylic acids is 2. The first-order chi connectivity index (χ1) is 8.60. The topological polar surface area (TPSA) is 70.1 Å². The van der Waals surface area contributed by atoms with Gasteiger partial charge in [0.05, 0.1) is 12.6 Å². The maximum Gasteiger partial charge on any atom is 0.410 e. The summed E-state index contributed by atoms with van der Waals surface area (Å²) in [6.45, 7) is 4.14. The van der Waals surface area contributed by atoms with Crippen molar-refractivity contribution >= 4 is 12.0 Å². The molecule has 0 radical (unpaired) electrons. The van der Waals surface area contributed by atoms with Crippen molar-refractivity contribution in [1.82, 2.24) is 9.80 Å². The van der Waals surface area contributed by atoms with Crippen LogP contribution in [-0.2, 0) is 9.53 Å². The van der Waals surface area contributed by atoms with E-state index in [2.05, 4.69) is 6.58 Å². The summed E-state index contributed by atoms with van der Waals surface area (Å²) in [6, 6.07) is -0.116. The van der Waals surface area contributed by atoms with Crippen LogP contribution in [0.4, 0.5) is 4.79 Å². The van der Waals surface area contributed by atoms with Crippen molar-refractivity contribution in [3.05, 3.63) is 12.7 Å². The molecule has 0 saturated carbocycles. The number of likely N-dealkylation sites (N-methyl/N-ethyl adjacent to an activating group) is 1. The van der Waals surface area contributed by atoms with Gasteiger partial charge in [0.1, 0.15) is 13.2 Å². The number of nitrogens with zero attached hydrogens (tertiary/aromatic N) is 2. The second-order valence-electron chi connectivity index (χ2n) is 4.29. The van der Waals surface area contributed by atoms with Crippen molar-refractivity contribution in [1.29, 1.82) is 0 Å². The van der Waals surface area contributed by atoms with Crippen LogP contribution >= 0.6 is 0 Å². The standard InChI is InChI=1S/C12H20N2O4/c1-3-7-18-12(17)13(2)8-11(16)14-6-4-5-10(14)9-15/h3,10,15H,1,4-9H2,2H3/t10-/m0/s1. The third-order valence-corrected chi connectivity index (χ3v) is 2.92. The second-order valence-corrected chi connectivity index (χ2v) is 4.29. The van der Waals surface area contributed by atoms with Crippen molar-refractivity contribution < 1.29 is 19.4 Å². The number of hydrogen-bond donors (Lipinski definition) is 1. The van der Waals surface area contributed by atoms with Gasteiger partial charge in [0.25, 0.3) is 0 Å². The highest BCUT2D eigenvalue weighted by atomic mass is 16.6. The average molecular weight is 256 g/mol. The molecule has 102 valence electrons. The predicted octanol–water partition coefficient (Wildman–Crippen LogP) is 0.224. The molecule has 1 heterocycles. The lowest BCUT2D eigenvalue weighted by molar-refractivity contribution is -0.133. The zero-order valence-corrected chi connectivity index (χ0v) is 10.7. The summed E-state index contributed by atoms with van der Waals surface area (Å²) in [5, 5.41) is 9.13. The van der Waals surface area contributed by atoms with Gasteiger partial charge in [-0.1, -0.05) is 12.7 Å². The molecule has 0 unspecified atom stereocenters. The molecule has 1 N–H and O–H groups in total. The second kappa shape index (κ2) is 7.00. The monoisotopic (exact) mass is 256 g/mol. The van der Waals surface area contributed by atoms with Crippen LogP contribution < -0.4 is 0 Å². The molecule has 6 heteroatoms. The number of aliphatic hydroxyl groups is 1. The summed E-state index contributed by atoms with van der Waals surface area (Å²) in [5.41, 5.74) is 0. The fourth-order valence-corrected chi connectivity index (χ4v) is 1.95. The Kier molecular flexibility index (Phi) is 5.64. The molecule has 0 aliphatic carbocycles. The summed E-state index contributed by atoms with van der Waals surface area (Å²) in [5.74, 6) is -0.162. The summed E-state index contributed by atoms with van der Waals surface area (Å²) in [4.78, 5) is 26.2. The van der Waals surface area contributed by atoms with Gasteiger partial charge in [0.15, 0.2) is 0 Å². The predicted molar refractivity (Wildman–Crippen MR) is 66.0 cm³/mol. The Morgan fingerprint density at radius 1 is 1.61 bits per heavy atom. The van der Waals surface area contributed by atoms with E-state index in [9.17, 15) is 9.59 Å². The number of hydrogen-bond acceptors (Lipinski definition) is 4. The van der Waals surface area contributed by atoms with Crippen molar-refractivity contribution in [2.75, 3.05) is 33.4 Å². The van der Waals surface area contributed by atoms with Gasteiger partial charge in [-0.05, 0) is 12.8 Å². The van der Waals surface area contributed by atoms with Gasteiger partial charge >= 0.3 is 6.09 Å². The van der Waals surface area contributed by atoms with E-state index in [1.165, 1.54) is 18.0 Å². The Balaban J connectivity index is 2.43. The molecule has 0 bridgehead atoms. The minimum Gasteiger partial charge on any atom is -0.445 e. The van der Waals surface area contributed by atoms with Gasteiger partial charge in [0, 0.05) is 13.6 Å².